The quantitative estimate of drug-likeness (QED) is 0.460. The molecule has 0 fully saturated rings. The zero-order chi connectivity index (χ0) is 5.98. The summed E-state index contributed by atoms with van der Waals surface area (Å²) in [6, 6.07) is 0. The molecule has 0 aromatic carbocycles. The highest BCUT2D eigenvalue weighted by molar-refractivity contribution is 6.29. The highest BCUT2D eigenvalue weighted by atomic mass is 16.1. The first-order chi connectivity index (χ1) is 3.83. The lowest BCUT2D eigenvalue weighted by atomic mass is 10.3. The first-order valence-corrected chi connectivity index (χ1v) is 2.52. The number of allylic oxidation sites excluding steroid dienone is 2. The van der Waals surface area contributed by atoms with Crippen molar-refractivity contribution in [2.75, 3.05) is 0 Å². The van der Waals surface area contributed by atoms with Gasteiger partial charge in [0.1, 0.15) is 0 Å². The Labute approximate surface area is 47.9 Å². The van der Waals surface area contributed by atoms with Crippen LogP contribution in [0.2, 0.25) is 0 Å². The lowest BCUT2D eigenvalue weighted by molar-refractivity contribution is -0.102. The van der Waals surface area contributed by atoms with E-state index in [0.717, 1.165) is 18.4 Å². The Kier molecular flexibility index (Phi) is 1.24. The molecule has 0 amide bonds. The molecule has 0 atom stereocenters. The third-order valence-electron chi connectivity index (χ3n) is 1.06. The molecule has 2 nitrogen and oxygen atoms in total. The van der Waals surface area contributed by atoms with Crippen LogP contribution >= 0.6 is 0 Å². The maximum atomic E-state index is 9.99. The number of hydrogen-bond donors (Lipinski definition) is 0. The predicted molar refractivity (Wildman–Crippen MR) is 31.9 cm³/mol. The molecule has 0 radical (unpaired) electrons. The second kappa shape index (κ2) is 1.90. The Balaban J connectivity index is 2.69. The standard InChI is InChI=1S/C6H7NO/c1-5-2-3-6(4-8)7-5/h2,4H,3H2,1H3. The van der Waals surface area contributed by atoms with Crippen molar-refractivity contribution in [1.82, 2.24) is 0 Å². The minimum absolute atomic E-state index is 0.641. The van der Waals surface area contributed by atoms with Crippen molar-refractivity contribution < 1.29 is 4.79 Å². The van der Waals surface area contributed by atoms with Crippen LogP contribution in [0.4, 0.5) is 0 Å². The predicted octanol–water partition coefficient (Wildman–Crippen LogP) is 0.934. The third-order valence-corrected chi connectivity index (χ3v) is 1.06. The van der Waals surface area contributed by atoms with Gasteiger partial charge in [-0.1, -0.05) is 6.08 Å². The maximum absolute atomic E-state index is 9.99. The highest BCUT2D eigenvalue weighted by Gasteiger charge is 2.01. The molecule has 0 saturated carbocycles. The van der Waals surface area contributed by atoms with Gasteiger partial charge in [0.2, 0.25) is 0 Å². The number of rotatable bonds is 1. The summed E-state index contributed by atoms with van der Waals surface area (Å²) < 4.78 is 0. The molecule has 8 heavy (non-hydrogen) atoms. The summed E-state index contributed by atoms with van der Waals surface area (Å²) in [5.74, 6) is 0. The van der Waals surface area contributed by atoms with Crippen LogP contribution < -0.4 is 0 Å². The average molecular weight is 109 g/mol. The number of carbonyl (C=O) groups is 1. The Morgan fingerprint density at radius 3 is 2.88 bits per heavy atom. The molecule has 2 heteroatoms. The Morgan fingerprint density at radius 2 is 2.62 bits per heavy atom. The molecule has 0 N–H and O–H groups in total. The Morgan fingerprint density at radius 1 is 1.88 bits per heavy atom. The summed E-state index contributed by atoms with van der Waals surface area (Å²) in [7, 11) is 0. The fraction of sp³-hybridized carbons (Fsp3) is 0.333. The van der Waals surface area contributed by atoms with Crippen molar-refractivity contribution in [2.45, 2.75) is 13.3 Å². The third kappa shape index (κ3) is 0.832. The van der Waals surface area contributed by atoms with E-state index in [-0.39, 0.29) is 0 Å². The highest BCUT2D eigenvalue weighted by Crippen LogP contribution is 2.06. The van der Waals surface area contributed by atoms with Gasteiger partial charge in [0.25, 0.3) is 0 Å². The molecule has 1 rings (SSSR count). The van der Waals surface area contributed by atoms with Crippen LogP contribution in [0.15, 0.2) is 16.8 Å². The van der Waals surface area contributed by atoms with Crippen LogP contribution in [0, 0.1) is 0 Å². The van der Waals surface area contributed by atoms with E-state index in [0.29, 0.717) is 5.71 Å². The minimum atomic E-state index is 0.641. The summed E-state index contributed by atoms with van der Waals surface area (Å²) in [5.41, 5.74) is 1.59. The van der Waals surface area contributed by atoms with Gasteiger partial charge in [0.15, 0.2) is 6.29 Å². The van der Waals surface area contributed by atoms with Crippen molar-refractivity contribution >= 4 is 12.0 Å². The van der Waals surface area contributed by atoms with Gasteiger partial charge in [-0.2, -0.15) is 0 Å². The summed E-state index contributed by atoms with van der Waals surface area (Å²) in [6.45, 7) is 1.89. The SMILES string of the molecule is CC1=CCC(C=O)=N1. The van der Waals surface area contributed by atoms with Crippen LogP contribution in [0.25, 0.3) is 0 Å². The van der Waals surface area contributed by atoms with Crippen molar-refractivity contribution in [1.29, 1.82) is 0 Å². The monoisotopic (exact) mass is 109 g/mol. The lowest BCUT2D eigenvalue weighted by Gasteiger charge is -1.78. The summed E-state index contributed by atoms with van der Waals surface area (Å²) >= 11 is 0. The zero-order valence-electron chi connectivity index (χ0n) is 4.72. The second-order valence-electron chi connectivity index (χ2n) is 1.77. The fourth-order valence-corrected chi connectivity index (χ4v) is 0.645. The summed E-state index contributed by atoms with van der Waals surface area (Å²) in [4.78, 5) is 13.9. The van der Waals surface area contributed by atoms with Gasteiger partial charge in [0, 0.05) is 12.1 Å². The van der Waals surface area contributed by atoms with Gasteiger partial charge in [-0.05, 0) is 6.92 Å². The average Bonchev–Trinajstić information content (AvgIpc) is 2.14. The summed E-state index contributed by atoms with van der Waals surface area (Å²) in [5, 5.41) is 0. The van der Waals surface area contributed by atoms with Crippen LogP contribution in [-0.2, 0) is 4.79 Å². The van der Waals surface area contributed by atoms with Crippen molar-refractivity contribution in [3.05, 3.63) is 11.8 Å². The van der Waals surface area contributed by atoms with Crippen LogP contribution in [0.3, 0.4) is 0 Å². The van der Waals surface area contributed by atoms with Crippen molar-refractivity contribution in [2.24, 2.45) is 4.99 Å². The molecule has 0 aromatic heterocycles. The van der Waals surface area contributed by atoms with Crippen LogP contribution in [0.1, 0.15) is 13.3 Å². The molecule has 0 aromatic rings. The molecule has 1 heterocycles. The smallest absolute Gasteiger partial charge is 0.164 e. The largest absolute Gasteiger partial charge is 0.297 e. The molecule has 0 unspecified atom stereocenters. The van der Waals surface area contributed by atoms with E-state index < -0.39 is 0 Å². The van der Waals surface area contributed by atoms with Crippen LogP contribution in [0.5, 0.6) is 0 Å². The van der Waals surface area contributed by atoms with E-state index in [9.17, 15) is 4.79 Å². The number of nitrogens with zero attached hydrogens (tertiary/aromatic N) is 1. The number of hydrogen-bond acceptors (Lipinski definition) is 2. The van der Waals surface area contributed by atoms with E-state index in [2.05, 4.69) is 4.99 Å². The van der Waals surface area contributed by atoms with Gasteiger partial charge in [-0.3, -0.25) is 9.79 Å². The second-order valence-corrected chi connectivity index (χ2v) is 1.77. The zero-order valence-corrected chi connectivity index (χ0v) is 4.72. The molecule has 1 aliphatic rings. The van der Waals surface area contributed by atoms with E-state index in [1.165, 1.54) is 0 Å². The van der Waals surface area contributed by atoms with Crippen molar-refractivity contribution in [3.63, 3.8) is 0 Å². The van der Waals surface area contributed by atoms with Gasteiger partial charge >= 0.3 is 0 Å². The molecule has 0 bridgehead atoms. The molecule has 0 aliphatic carbocycles. The number of aldehydes is 1. The van der Waals surface area contributed by atoms with E-state index in [1.54, 1.807) is 0 Å². The molecular weight excluding hydrogens is 102 g/mol. The number of aliphatic imine (C=N–C) groups is 1. The first-order valence-electron chi connectivity index (χ1n) is 2.52. The maximum Gasteiger partial charge on any atom is 0.164 e. The minimum Gasteiger partial charge on any atom is -0.297 e. The number of carbonyl (C=O) groups excluding carboxylic acids is 1. The molecule has 42 valence electrons. The Hall–Kier alpha value is -0.920. The fourth-order valence-electron chi connectivity index (χ4n) is 0.645. The van der Waals surface area contributed by atoms with Gasteiger partial charge in [0.05, 0.1) is 5.71 Å². The molecule has 0 spiro atoms. The molecule has 1 aliphatic heterocycles. The van der Waals surface area contributed by atoms with E-state index in [1.807, 2.05) is 13.0 Å². The van der Waals surface area contributed by atoms with Crippen LogP contribution in [-0.4, -0.2) is 12.0 Å². The van der Waals surface area contributed by atoms with Gasteiger partial charge < -0.3 is 0 Å². The topological polar surface area (TPSA) is 29.4 Å². The first kappa shape index (κ1) is 5.22. The van der Waals surface area contributed by atoms with Gasteiger partial charge in [-0.15, -0.1) is 0 Å². The normalized spacial score (nSPS) is 17.6. The molecule has 0 saturated heterocycles. The Bertz CT molecular complexity index is 167. The van der Waals surface area contributed by atoms with Crippen molar-refractivity contribution in [3.8, 4) is 0 Å². The van der Waals surface area contributed by atoms with Gasteiger partial charge in [-0.25, -0.2) is 0 Å². The van der Waals surface area contributed by atoms with E-state index >= 15 is 0 Å². The van der Waals surface area contributed by atoms with E-state index in [4.69, 9.17) is 0 Å². The lowest BCUT2D eigenvalue weighted by Crippen LogP contribution is -1.91. The summed E-state index contributed by atoms with van der Waals surface area (Å²) in [6.07, 6.45) is 3.45. The molecular formula is C6H7NO.